The van der Waals surface area contributed by atoms with Gasteiger partial charge in [-0.2, -0.15) is 0 Å². The Morgan fingerprint density at radius 2 is 2.24 bits per heavy atom. The van der Waals surface area contributed by atoms with Crippen LogP contribution in [-0.2, 0) is 16.1 Å². The number of hydrogen-bond donors (Lipinski definition) is 3. The highest BCUT2D eigenvalue weighted by molar-refractivity contribution is 7.18. The maximum Gasteiger partial charge on any atom is 0.239 e. The lowest BCUT2D eigenvalue weighted by Crippen LogP contribution is -2.51. The molecule has 12 heteroatoms. The van der Waals surface area contributed by atoms with E-state index >= 15 is 0 Å². The Morgan fingerprint density at radius 3 is 3.09 bits per heavy atom. The highest BCUT2D eigenvalue weighted by Gasteiger charge is 2.20. The summed E-state index contributed by atoms with van der Waals surface area (Å²) in [6, 6.07) is 4.46. The third-order valence-electron chi connectivity index (χ3n) is 5.13. The molecule has 1 atom stereocenters. The van der Waals surface area contributed by atoms with E-state index in [1.807, 2.05) is 10.6 Å². The first-order valence-corrected chi connectivity index (χ1v) is 11.2. The lowest BCUT2D eigenvalue weighted by Gasteiger charge is -2.22. The molecule has 170 valence electrons. The second-order valence-electron chi connectivity index (χ2n) is 7.36. The molecule has 0 aromatic carbocycles. The van der Waals surface area contributed by atoms with Crippen molar-refractivity contribution in [2.75, 3.05) is 31.6 Å². The number of morpholine rings is 1. The number of pyridine rings is 2. The number of ether oxygens (including phenoxy) is 1. The zero-order valence-electron chi connectivity index (χ0n) is 17.5. The van der Waals surface area contributed by atoms with Gasteiger partial charge in [0.15, 0.2) is 5.13 Å². The Balaban J connectivity index is 1.25. The summed E-state index contributed by atoms with van der Waals surface area (Å²) in [4.78, 5) is 30.0. The van der Waals surface area contributed by atoms with Crippen molar-refractivity contribution in [2.45, 2.75) is 12.6 Å². The van der Waals surface area contributed by atoms with Crippen LogP contribution < -0.4 is 16.0 Å². The molecule has 1 fully saturated rings. The molecule has 1 aliphatic rings. The normalized spacial score (nSPS) is 16.1. The SMILES string of the molecule is O=C(NCCn1cnc2cnc(Nc3ncc(-c4ncccc4F)s3)cc21)C1COCCN1. The van der Waals surface area contributed by atoms with Gasteiger partial charge in [-0.1, -0.05) is 11.3 Å². The number of hydrogen-bond acceptors (Lipinski definition) is 9. The van der Waals surface area contributed by atoms with Crippen molar-refractivity contribution in [3.05, 3.63) is 48.9 Å². The number of fused-ring (bicyclic) bond motifs is 1. The van der Waals surface area contributed by atoms with Crippen LogP contribution in [0.5, 0.6) is 0 Å². The molecule has 33 heavy (non-hydrogen) atoms. The predicted octanol–water partition coefficient (Wildman–Crippen LogP) is 1.94. The fourth-order valence-corrected chi connectivity index (χ4v) is 4.30. The Bertz CT molecular complexity index is 1270. The van der Waals surface area contributed by atoms with Gasteiger partial charge in [0.25, 0.3) is 0 Å². The molecule has 1 aliphatic heterocycles. The summed E-state index contributed by atoms with van der Waals surface area (Å²) in [5.74, 6) is 0.112. The molecule has 4 aromatic heterocycles. The van der Waals surface area contributed by atoms with E-state index in [-0.39, 0.29) is 17.6 Å². The topological polar surface area (TPSA) is 119 Å². The van der Waals surface area contributed by atoms with E-state index in [1.165, 1.54) is 17.4 Å². The first-order valence-electron chi connectivity index (χ1n) is 10.4. The van der Waals surface area contributed by atoms with Crippen molar-refractivity contribution >= 4 is 39.2 Å². The molecule has 0 aliphatic carbocycles. The minimum Gasteiger partial charge on any atom is -0.378 e. The number of rotatable bonds is 7. The minimum absolute atomic E-state index is 0.0768. The average molecular weight is 469 g/mol. The largest absolute Gasteiger partial charge is 0.378 e. The third-order valence-corrected chi connectivity index (χ3v) is 6.05. The lowest BCUT2D eigenvalue weighted by atomic mass is 10.2. The molecule has 0 bridgehead atoms. The summed E-state index contributed by atoms with van der Waals surface area (Å²) >= 11 is 1.29. The van der Waals surface area contributed by atoms with Gasteiger partial charge in [0.05, 0.1) is 36.1 Å². The standard InChI is InChI=1S/C21H21FN8O2S/c22-13-2-1-3-24-19(13)17-10-27-21(33-17)29-18-8-16-14(9-26-18)28-12-30(16)6-4-25-20(31)15-11-32-7-5-23-15/h1-3,8-10,12,15,23H,4-7,11H2,(H,25,31)(H,26,27,29). The number of nitrogens with one attached hydrogen (secondary N) is 3. The third kappa shape index (κ3) is 4.82. The van der Waals surface area contributed by atoms with Crippen LogP contribution in [0, 0.1) is 5.82 Å². The van der Waals surface area contributed by atoms with E-state index in [0.29, 0.717) is 48.7 Å². The monoisotopic (exact) mass is 468 g/mol. The fourth-order valence-electron chi connectivity index (χ4n) is 3.48. The second-order valence-corrected chi connectivity index (χ2v) is 8.39. The molecule has 1 amide bonds. The van der Waals surface area contributed by atoms with Crippen molar-refractivity contribution < 1.29 is 13.9 Å². The summed E-state index contributed by atoms with van der Waals surface area (Å²) in [5.41, 5.74) is 1.87. The van der Waals surface area contributed by atoms with E-state index in [0.717, 1.165) is 11.0 Å². The lowest BCUT2D eigenvalue weighted by molar-refractivity contribution is -0.125. The summed E-state index contributed by atoms with van der Waals surface area (Å²) in [6.07, 6.45) is 6.51. The molecule has 1 saturated heterocycles. The smallest absolute Gasteiger partial charge is 0.239 e. The first-order chi connectivity index (χ1) is 16.2. The number of anilines is 2. The molecule has 5 rings (SSSR count). The molecule has 5 heterocycles. The van der Waals surface area contributed by atoms with Crippen molar-refractivity contribution in [2.24, 2.45) is 0 Å². The molecule has 0 saturated carbocycles. The van der Waals surface area contributed by atoms with Crippen molar-refractivity contribution in [1.29, 1.82) is 0 Å². The van der Waals surface area contributed by atoms with Gasteiger partial charge < -0.3 is 25.3 Å². The highest BCUT2D eigenvalue weighted by Crippen LogP contribution is 2.30. The van der Waals surface area contributed by atoms with Gasteiger partial charge in [-0.05, 0) is 12.1 Å². The van der Waals surface area contributed by atoms with Gasteiger partial charge in [0.1, 0.15) is 28.9 Å². The number of thiazole rings is 1. The van der Waals surface area contributed by atoms with E-state index < -0.39 is 5.82 Å². The summed E-state index contributed by atoms with van der Waals surface area (Å²) < 4.78 is 21.3. The van der Waals surface area contributed by atoms with Crippen molar-refractivity contribution in [3.63, 3.8) is 0 Å². The van der Waals surface area contributed by atoms with Crippen LogP contribution >= 0.6 is 11.3 Å². The number of halogens is 1. The summed E-state index contributed by atoms with van der Waals surface area (Å²) in [7, 11) is 0. The number of aromatic nitrogens is 5. The molecule has 10 nitrogen and oxygen atoms in total. The van der Waals surface area contributed by atoms with Crippen LogP contribution in [0.2, 0.25) is 0 Å². The molecule has 4 aromatic rings. The molecular formula is C21H21FN8O2S. The zero-order chi connectivity index (χ0) is 22.6. The van der Waals surface area contributed by atoms with E-state index in [1.54, 1.807) is 31.0 Å². The molecule has 1 unspecified atom stereocenters. The second kappa shape index (κ2) is 9.57. The Kier molecular flexibility index (Phi) is 6.19. The summed E-state index contributed by atoms with van der Waals surface area (Å²) in [6.45, 7) is 2.69. The predicted molar refractivity (Wildman–Crippen MR) is 122 cm³/mol. The zero-order valence-corrected chi connectivity index (χ0v) is 18.3. The Morgan fingerprint density at radius 1 is 1.30 bits per heavy atom. The number of imidazole rings is 1. The van der Waals surface area contributed by atoms with Crippen LogP contribution in [0.3, 0.4) is 0 Å². The van der Waals surface area contributed by atoms with Crippen LogP contribution in [-0.4, -0.2) is 62.8 Å². The summed E-state index contributed by atoms with van der Waals surface area (Å²) in [5, 5.41) is 9.79. The minimum atomic E-state index is -0.393. The van der Waals surface area contributed by atoms with E-state index in [2.05, 4.69) is 35.9 Å². The van der Waals surface area contributed by atoms with Crippen LogP contribution in [0.15, 0.2) is 43.1 Å². The van der Waals surface area contributed by atoms with Gasteiger partial charge in [0.2, 0.25) is 5.91 Å². The fraction of sp³-hybridized carbons (Fsp3) is 0.286. The molecule has 0 radical (unpaired) electrons. The van der Waals surface area contributed by atoms with Gasteiger partial charge >= 0.3 is 0 Å². The number of amides is 1. The number of carbonyl (C=O) groups is 1. The van der Waals surface area contributed by atoms with E-state index in [4.69, 9.17) is 4.74 Å². The van der Waals surface area contributed by atoms with Crippen molar-refractivity contribution in [3.8, 4) is 10.6 Å². The van der Waals surface area contributed by atoms with Gasteiger partial charge in [0, 0.05) is 38.1 Å². The maximum atomic E-state index is 14.0. The molecule has 3 N–H and O–H groups in total. The average Bonchev–Trinajstić information content (AvgIpc) is 3.47. The van der Waals surface area contributed by atoms with Gasteiger partial charge in [-0.3, -0.25) is 9.78 Å². The molecule has 0 spiro atoms. The van der Waals surface area contributed by atoms with E-state index in [9.17, 15) is 9.18 Å². The Hall–Kier alpha value is -3.48. The van der Waals surface area contributed by atoms with Crippen LogP contribution in [0.4, 0.5) is 15.3 Å². The van der Waals surface area contributed by atoms with Gasteiger partial charge in [-0.25, -0.2) is 19.3 Å². The van der Waals surface area contributed by atoms with Crippen LogP contribution in [0.25, 0.3) is 21.6 Å². The highest BCUT2D eigenvalue weighted by atomic mass is 32.1. The van der Waals surface area contributed by atoms with Gasteiger partial charge in [-0.15, -0.1) is 0 Å². The maximum absolute atomic E-state index is 14.0. The Labute approximate surface area is 192 Å². The number of carbonyl (C=O) groups excluding carboxylic acids is 1. The van der Waals surface area contributed by atoms with Crippen molar-refractivity contribution in [1.82, 2.24) is 35.1 Å². The number of nitrogens with zero attached hydrogens (tertiary/aromatic N) is 5. The van der Waals surface area contributed by atoms with Crippen LogP contribution in [0.1, 0.15) is 0 Å². The molecular weight excluding hydrogens is 447 g/mol. The first kappa shape index (κ1) is 21.4. The quantitative estimate of drug-likeness (QED) is 0.377.